The summed E-state index contributed by atoms with van der Waals surface area (Å²) in [7, 11) is 1.88. The highest BCUT2D eigenvalue weighted by Gasteiger charge is 2.31. The number of amides is 1. The molecular weight excluding hydrogens is 411 g/mol. The van der Waals surface area contributed by atoms with Crippen LogP contribution in [-0.4, -0.2) is 42.6 Å². The minimum Gasteiger partial charge on any atom is -0.406 e. The number of nitrogens with one attached hydrogen (secondary N) is 1. The molecule has 8 nitrogen and oxygen atoms in total. The molecule has 0 spiro atoms. The number of carbonyl (C=O) groups is 1. The van der Waals surface area contributed by atoms with Crippen molar-refractivity contribution in [3.63, 3.8) is 0 Å². The fraction of sp³-hybridized carbons (Fsp3) is 0.235. The van der Waals surface area contributed by atoms with Crippen molar-refractivity contribution in [1.29, 1.82) is 0 Å². The van der Waals surface area contributed by atoms with E-state index in [0.29, 0.717) is 23.1 Å². The largest absolute Gasteiger partial charge is 0.573 e. The molecule has 0 atom stereocenters. The fourth-order valence-electron chi connectivity index (χ4n) is 2.57. The summed E-state index contributed by atoms with van der Waals surface area (Å²) in [6.07, 6.45) is -2.50. The second-order valence-corrected chi connectivity index (χ2v) is 6.83. The van der Waals surface area contributed by atoms with Crippen LogP contribution in [0, 0.1) is 0 Å². The lowest BCUT2D eigenvalue weighted by Gasteiger charge is -2.12. The molecular formula is C17H16F3N5O3S. The van der Waals surface area contributed by atoms with E-state index in [1.165, 1.54) is 29.7 Å². The number of ether oxygens (including phenoxy) is 1. The molecule has 0 unspecified atom stereocenters. The van der Waals surface area contributed by atoms with Gasteiger partial charge in [0.05, 0.1) is 5.75 Å². The number of hydroxylamine groups is 1. The highest BCUT2D eigenvalue weighted by atomic mass is 32.2. The molecule has 0 aliphatic rings. The van der Waals surface area contributed by atoms with Gasteiger partial charge >= 0.3 is 6.36 Å². The average Bonchev–Trinajstić information content (AvgIpc) is 3.25. The second kappa shape index (κ2) is 8.57. The number of carbonyl (C=O) groups excluding carboxylic acids is 1. The first-order valence-electron chi connectivity index (χ1n) is 8.23. The van der Waals surface area contributed by atoms with Crippen LogP contribution in [0.3, 0.4) is 0 Å². The van der Waals surface area contributed by atoms with Crippen LogP contribution in [0.1, 0.15) is 11.5 Å². The first kappa shape index (κ1) is 20.7. The molecule has 3 aromatic rings. The Morgan fingerprint density at radius 1 is 1.24 bits per heavy atom. The van der Waals surface area contributed by atoms with E-state index in [9.17, 15) is 18.0 Å². The van der Waals surface area contributed by atoms with Crippen LogP contribution in [0.25, 0.3) is 5.69 Å². The number of hydrogen-bond acceptors (Lipinski definition) is 6. The van der Waals surface area contributed by atoms with Crippen molar-refractivity contribution < 1.29 is 27.9 Å². The summed E-state index contributed by atoms with van der Waals surface area (Å²) in [4.78, 5) is 11.4. The van der Waals surface area contributed by atoms with Crippen molar-refractivity contribution in [2.24, 2.45) is 7.05 Å². The molecule has 29 heavy (non-hydrogen) atoms. The normalized spacial score (nSPS) is 11.5. The Morgan fingerprint density at radius 2 is 1.97 bits per heavy atom. The highest BCUT2D eigenvalue weighted by molar-refractivity contribution is 7.99. The maximum atomic E-state index is 12.4. The van der Waals surface area contributed by atoms with Gasteiger partial charge in [0.1, 0.15) is 11.6 Å². The molecule has 0 bridgehead atoms. The Labute approximate surface area is 167 Å². The van der Waals surface area contributed by atoms with Crippen molar-refractivity contribution in [3.05, 3.63) is 54.1 Å². The van der Waals surface area contributed by atoms with Crippen LogP contribution in [-0.2, 0) is 18.3 Å². The van der Waals surface area contributed by atoms with Gasteiger partial charge in [0.2, 0.25) is 0 Å². The van der Waals surface area contributed by atoms with Gasteiger partial charge in [-0.25, -0.2) is 5.48 Å². The summed E-state index contributed by atoms with van der Waals surface area (Å²) in [6.45, 7) is 0. The van der Waals surface area contributed by atoms with E-state index in [4.69, 9.17) is 5.21 Å². The number of aryl methyl sites for hydroxylation is 1. The van der Waals surface area contributed by atoms with Gasteiger partial charge in [0.15, 0.2) is 5.16 Å². The minimum atomic E-state index is -4.78. The second-order valence-electron chi connectivity index (χ2n) is 5.89. The third-order valence-electron chi connectivity index (χ3n) is 3.88. The topological polar surface area (TPSA) is 94.2 Å². The lowest BCUT2D eigenvalue weighted by molar-refractivity contribution is -0.274. The number of hydrogen-bond donors (Lipinski definition) is 2. The number of rotatable bonds is 7. The lowest BCUT2D eigenvalue weighted by atomic mass is 10.2. The number of nitrogens with zero attached hydrogens (tertiary/aromatic N) is 4. The first-order chi connectivity index (χ1) is 13.8. The van der Waals surface area contributed by atoms with Crippen LogP contribution < -0.4 is 10.2 Å². The van der Waals surface area contributed by atoms with Gasteiger partial charge in [0.25, 0.3) is 5.91 Å². The van der Waals surface area contributed by atoms with Crippen molar-refractivity contribution in [1.82, 2.24) is 24.8 Å². The van der Waals surface area contributed by atoms with E-state index >= 15 is 0 Å². The van der Waals surface area contributed by atoms with Gasteiger partial charge in [-0.05, 0) is 36.4 Å². The van der Waals surface area contributed by atoms with Gasteiger partial charge in [0, 0.05) is 31.0 Å². The summed E-state index contributed by atoms with van der Waals surface area (Å²) >= 11 is 1.03. The Hall–Kier alpha value is -2.99. The van der Waals surface area contributed by atoms with Crippen LogP contribution in [0.2, 0.25) is 0 Å². The molecule has 3 rings (SSSR count). The molecule has 1 amide bonds. The summed E-state index contributed by atoms with van der Waals surface area (Å²) in [5, 5.41) is 17.3. The number of alkyl halides is 3. The fourth-order valence-corrected chi connectivity index (χ4v) is 3.33. The molecule has 0 saturated carbocycles. The van der Waals surface area contributed by atoms with Crippen molar-refractivity contribution >= 4 is 17.7 Å². The van der Waals surface area contributed by atoms with Crippen LogP contribution in [0.4, 0.5) is 13.2 Å². The Bertz CT molecular complexity index is 985. The van der Waals surface area contributed by atoms with Crippen LogP contribution in [0.5, 0.6) is 5.75 Å². The van der Waals surface area contributed by atoms with Gasteiger partial charge < -0.3 is 9.30 Å². The van der Waals surface area contributed by atoms with E-state index in [1.807, 2.05) is 29.9 Å². The Balaban J connectivity index is 1.93. The number of halogens is 3. The van der Waals surface area contributed by atoms with Gasteiger partial charge in [-0.3, -0.25) is 14.6 Å². The third-order valence-corrected chi connectivity index (χ3v) is 4.81. The van der Waals surface area contributed by atoms with Crippen LogP contribution >= 0.6 is 11.8 Å². The van der Waals surface area contributed by atoms with Gasteiger partial charge in [-0.1, -0.05) is 11.8 Å². The summed E-state index contributed by atoms with van der Waals surface area (Å²) < 4.78 is 44.6. The lowest BCUT2D eigenvalue weighted by Crippen LogP contribution is -2.20. The van der Waals surface area contributed by atoms with Crippen molar-refractivity contribution in [3.8, 4) is 11.4 Å². The molecule has 1 aromatic carbocycles. The molecule has 2 aromatic heterocycles. The average molecular weight is 427 g/mol. The molecule has 154 valence electrons. The van der Waals surface area contributed by atoms with E-state index in [1.54, 1.807) is 4.57 Å². The van der Waals surface area contributed by atoms with Crippen molar-refractivity contribution in [2.75, 3.05) is 5.75 Å². The van der Waals surface area contributed by atoms with Crippen LogP contribution in [0.15, 0.2) is 47.8 Å². The third kappa shape index (κ3) is 5.29. The van der Waals surface area contributed by atoms with E-state index in [0.717, 1.165) is 17.5 Å². The molecule has 0 radical (unpaired) electrons. The molecule has 0 aliphatic heterocycles. The first-order valence-corrected chi connectivity index (χ1v) is 9.22. The van der Waals surface area contributed by atoms with E-state index < -0.39 is 12.3 Å². The molecule has 0 aliphatic carbocycles. The Morgan fingerprint density at radius 3 is 2.55 bits per heavy atom. The predicted molar refractivity (Wildman–Crippen MR) is 96.9 cm³/mol. The van der Waals surface area contributed by atoms with Gasteiger partial charge in [-0.15, -0.1) is 23.4 Å². The zero-order chi connectivity index (χ0) is 21.0. The molecule has 2 N–H and O–H groups in total. The maximum Gasteiger partial charge on any atom is 0.573 e. The maximum absolute atomic E-state index is 12.4. The zero-order valence-corrected chi connectivity index (χ0v) is 15.9. The number of aromatic nitrogens is 4. The monoisotopic (exact) mass is 427 g/mol. The SMILES string of the molecule is Cn1cccc1Cc1nnc(SCC(=O)NO)n1-c1ccc(OC(F)(F)F)cc1. The smallest absolute Gasteiger partial charge is 0.406 e. The zero-order valence-electron chi connectivity index (χ0n) is 15.1. The number of benzene rings is 1. The van der Waals surface area contributed by atoms with Gasteiger partial charge in [-0.2, -0.15) is 0 Å². The highest BCUT2D eigenvalue weighted by Crippen LogP contribution is 2.27. The summed E-state index contributed by atoms with van der Waals surface area (Å²) in [5.41, 5.74) is 2.98. The summed E-state index contributed by atoms with van der Waals surface area (Å²) in [5.74, 6) is -0.563. The number of thioether (sulfide) groups is 1. The molecule has 0 fully saturated rings. The van der Waals surface area contributed by atoms with E-state index in [-0.39, 0.29) is 11.5 Å². The molecule has 2 heterocycles. The van der Waals surface area contributed by atoms with Crippen molar-refractivity contribution in [2.45, 2.75) is 17.9 Å². The molecule has 0 saturated heterocycles. The standard InChI is InChI=1S/C17H16F3N5O3S/c1-24-8-2-3-12(24)9-14-21-22-16(29-10-15(26)23-27)25(14)11-4-6-13(7-5-11)28-17(18,19)20/h2-8,27H,9-10H2,1H3,(H,23,26). The predicted octanol–water partition coefficient (Wildman–Crippen LogP) is 2.69. The summed E-state index contributed by atoms with van der Waals surface area (Å²) in [6, 6.07) is 9.03. The quantitative estimate of drug-likeness (QED) is 0.342. The minimum absolute atomic E-state index is 0.117. The van der Waals surface area contributed by atoms with E-state index in [2.05, 4.69) is 14.9 Å². The Kier molecular flexibility index (Phi) is 6.13. The molecule has 12 heteroatoms.